The Morgan fingerprint density at radius 3 is 1.35 bits per heavy atom. The van der Waals surface area contributed by atoms with Gasteiger partial charge in [-0.05, 0) is 44.5 Å². The molecule has 0 aliphatic carbocycles. The monoisotopic (exact) mass is 448 g/mol. The summed E-state index contributed by atoms with van der Waals surface area (Å²) >= 11 is 12.1. The van der Waals surface area contributed by atoms with E-state index < -0.39 is 0 Å². The minimum absolute atomic E-state index is 0.132. The molecule has 0 radical (unpaired) electrons. The molecule has 0 aliphatic heterocycles. The zero-order chi connectivity index (χ0) is 22.3. The molecule has 0 N–H and O–H groups in total. The fourth-order valence-electron chi connectivity index (χ4n) is 4.53. The summed E-state index contributed by atoms with van der Waals surface area (Å²) in [7, 11) is 4.15. The van der Waals surface area contributed by atoms with Crippen LogP contribution in [0.4, 0.5) is 0 Å². The Balaban J connectivity index is 1.95. The molecule has 0 atom stereocenters. The Labute approximate surface area is 194 Å². The highest BCUT2D eigenvalue weighted by atomic mass is 32.1. The van der Waals surface area contributed by atoms with Crippen LogP contribution in [-0.2, 0) is 14.1 Å². The van der Waals surface area contributed by atoms with E-state index in [9.17, 15) is 0 Å². The molecule has 160 valence electrons. The lowest BCUT2D eigenvalue weighted by Crippen LogP contribution is -2.07. The van der Waals surface area contributed by atoms with E-state index in [2.05, 4.69) is 77.9 Å². The first kappa shape index (κ1) is 21.5. The van der Waals surface area contributed by atoms with Crippen molar-refractivity contribution in [2.45, 2.75) is 33.1 Å². The van der Waals surface area contributed by atoms with Crippen molar-refractivity contribution >= 4 is 24.4 Å². The summed E-state index contributed by atoms with van der Waals surface area (Å²) in [5, 5.41) is 0. The van der Waals surface area contributed by atoms with Gasteiger partial charge in [0.05, 0.1) is 11.4 Å². The molecule has 0 spiro atoms. The van der Waals surface area contributed by atoms with Gasteiger partial charge in [-0.1, -0.05) is 67.8 Å². The van der Waals surface area contributed by atoms with Crippen LogP contribution in [0.1, 0.15) is 41.8 Å². The number of hydrogen-bond acceptors (Lipinski definition) is 2. The molecule has 0 bridgehead atoms. The smallest absolute Gasteiger partial charge is 0.131 e. The summed E-state index contributed by atoms with van der Waals surface area (Å²) in [5.74, 6) is 0.132. The molecule has 0 fully saturated rings. The summed E-state index contributed by atoms with van der Waals surface area (Å²) in [4.78, 5) is 0. The fraction of sp³-hybridized carbons (Fsp3) is 0.280. The molecule has 0 amide bonds. The van der Waals surface area contributed by atoms with Gasteiger partial charge in [0.15, 0.2) is 0 Å². The lowest BCUT2D eigenvalue weighted by atomic mass is 9.90. The minimum atomic E-state index is 0.132. The first-order valence-electron chi connectivity index (χ1n) is 10.6. The molecule has 4 nitrogen and oxygen atoms in total. The highest BCUT2D eigenvalue weighted by Crippen LogP contribution is 2.36. The van der Waals surface area contributed by atoms with Crippen molar-refractivity contribution in [3.63, 3.8) is 0 Å². The van der Waals surface area contributed by atoms with Gasteiger partial charge in [0, 0.05) is 42.5 Å². The number of para-hydroxylation sites is 2. The summed E-state index contributed by atoms with van der Waals surface area (Å²) in [6.45, 7) is 6.52. The van der Waals surface area contributed by atoms with E-state index in [4.69, 9.17) is 24.4 Å². The maximum Gasteiger partial charge on any atom is 0.131 e. The molecule has 2 aromatic carbocycles. The Morgan fingerprint density at radius 1 is 0.677 bits per heavy atom. The molecular formula is C25H28N4S2. The fourth-order valence-corrected chi connectivity index (χ4v) is 5.57. The van der Waals surface area contributed by atoms with Crippen LogP contribution in [0.2, 0.25) is 0 Å². The second kappa shape index (κ2) is 8.44. The van der Waals surface area contributed by atoms with Crippen LogP contribution in [-0.4, -0.2) is 18.7 Å². The maximum absolute atomic E-state index is 6.04. The third kappa shape index (κ3) is 3.44. The zero-order valence-corrected chi connectivity index (χ0v) is 20.3. The Hall–Kier alpha value is -2.70. The standard InChI is InChI=1S/C25H28N4S2/c1-6-21(22-17(2)26(4)28(24(22)30)19-13-9-7-10-14-19)23-18(3)27(5)29(25(23)31)20-15-11-8-12-16-20/h7-16,21H,6H2,1-5H3. The van der Waals surface area contributed by atoms with E-state index >= 15 is 0 Å². The normalized spacial score (nSPS) is 11.4. The van der Waals surface area contributed by atoms with Crippen LogP contribution >= 0.6 is 24.4 Å². The Bertz CT molecular complexity index is 1230. The van der Waals surface area contributed by atoms with Crippen LogP contribution in [0.25, 0.3) is 11.4 Å². The summed E-state index contributed by atoms with van der Waals surface area (Å²) < 4.78 is 10.2. The lowest BCUT2D eigenvalue weighted by Gasteiger charge is -2.14. The van der Waals surface area contributed by atoms with Crippen molar-refractivity contribution in [2.24, 2.45) is 14.1 Å². The van der Waals surface area contributed by atoms with Crippen LogP contribution < -0.4 is 0 Å². The van der Waals surface area contributed by atoms with Crippen molar-refractivity contribution in [3.05, 3.63) is 92.5 Å². The second-order valence-corrected chi connectivity index (χ2v) is 8.68. The predicted octanol–water partition coefficient (Wildman–Crippen LogP) is 6.56. The maximum atomic E-state index is 6.04. The number of benzene rings is 2. The van der Waals surface area contributed by atoms with Crippen molar-refractivity contribution in [1.82, 2.24) is 18.7 Å². The highest BCUT2D eigenvalue weighted by molar-refractivity contribution is 7.71. The summed E-state index contributed by atoms with van der Waals surface area (Å²) in [5.41, 5.74) is 6.85. The molecule has 0 saturated heterocycles. The average molecular weight is 449 g/mol. The first-order valence-corrected chi connectivity index (χ1v) is 11.4. The molecule has 2 heterocycles. The number of rotatable bonds is 5. The van der Waals surface area contributed by atoms with Crippen molar-refractivity contribution < 1.29 is 0 Å². The van der Waals surface area contributed by atoms with Gasteiger partial charge >= 0.3 is 0 Å². The highest BCUT2D eigenvalue weighted by Gasteiger charge is 2.27. The zero-order valence-electron chi connectivity index (χ0n) is 18.7. The van der Waals surface area contributed by atoms with E-state index in [1.165, 1.54) is 22.5 Å². The van der Waals surface area contributed by atoms with Gasteiger partial charge in [-0.3, -0.25) is 9.36 Å². The molecule has 0 unspecified atom stereocenters. The average Bonchev–Trinajstić information content (AvgIpc) is 3.14. The molecule has 0 aliphatic rings. The van der Waals surface area contributed by atoms with Crippen molar-refractivity contribution in [1.29, 1.82) is 0 Å². The largest absolute Gasteiger partial charge is 0.287 e. The van der Waals surface area contributed by atoms with Gasteiger partial charge in [0.25, 0.3) is 0 Å². The summed E-state index contributed by atoms with van der Waals surface area (Å²) in [6.07, 6.45) is 0.923. The van der Waals surface area contributed by atoms with E-state index in [1.807, 2.05) is 36.4 Å². The van der Waals surface area contributed by atoms with Crippen LogP contribution in [0.3, 0.4) is 0 Å². The molecule has 2 aromatic heterocycles. The molecular weight excluding hydrogens is 420 g/mol. The van der Waals surface area contributed by atoms with E-state index in [0.29, 0.717) is 0 Å². The van der Waals surface area contributed by atoms with Crippen LogP contribution in [0.5, 0.6) is 0 Å². The quantitative estimate of drug-likeness (QED) is 0.322. The summed E-state index contributed by atoms with van der Waals surface area (Å²) in [6, 6.07) is 20.6. The topological polar surface area (TPSA) is 19.7 Å². The third-order valence-corrected chi connectivity index (χ3v) is 7.09. The second-order valence-electron chi connectivity index (χ2n) is 7.91. The number of hydrogen-bond donors (Lipinski definition) is 0. The molecule has 0 saturated carbocycles. The molecule has 6 heteroatoms. The Morgan fingerprint density at radius 2 is 1.03 bits per heavy atom. The molecule has 31 heavy (non-hydrogen) atoms. The SMILES string of the molecule is CCC(c1c(C)n(C)n(-c2ccccc2)c1=S)c1c(C)n(C)n(-c2ccccc2)c1=S. The third-order valence-electron chi connectivity index (χ3n) is 6.30. The molecule has 4 aromatic rings. The van der Waals surface area contributed by atoms with Crippen LogP contribution in [0.15, 0.2) is 60.7 Å². The van der Waals surface area contributed by atoms with E-state index in [0.717, 1.165) is 27.1 Å². The van der Waals surface area contributed by atoms with Gasteiger partial charge in [-0.15, -0.1) is 0 Å². The Kier molecular flexibility index (Phi) is 5.86. The number of aromatic nitrogens is 4. The van der Waals surface area contributed by atoms with Gasteiger partial charge in [0.2, 0.25) is 0 Å². The lowest BCUT2D eigenvalue weighted by molar-refractivity contribution is 0.636. The molecule has 4 rings (SSSR count). The van der Waals surface area contributed by atoms with Crippen molar-refractivity contribution in [3.8, 4) is 11.4 Å². The van der Waals surface area contributed by atoms with Crippen LogP contribution in [0, 0.1) is 23.1 Å². The van der Waals surface area contributed by atoms with Gasteiger partial charge in [0.1, 0.15) is 9.28 Å². The van der Waals surface area contributed by atoms with Gasteiger partial charge in [-0.2, -0.15) is 0 Å². The van der Waals surface area contributed by atoms with E-state index in [-0.39, 0.29) is 5.92 Å². The minimum Gasteiger partial charge on any atom is -0.287 e. The first-order chi connectivity index (χ1) is 14.9. The van der Waals surface area contributed by atoms with E-state index in [1.54, 1.807) is 0 Å². The predicted molar refractivity (Wildman–Crippen MR) is 133 cm³/mol. The van der Waals surface area contributed by atoms with Crippen molar-refractivity contribution in [2.75, 3.05) is 0 Å². The van der Waals surface area contributed by atoms with Gasteiger partial charge < -0.3 is 0 Å². The number of nitrogens with zero attached hydrogens (tertiary/aromatic N) is 4. The van der Waals surface area contributed by atoms with Gasteiger partial charge in [-0.25, -0.2) is 9.36 Å².